The van der Waals surface area contributed by atoms with Crippen LogP contribution >= 0.6 is 0 Å². The molecule has 2 N–H and O–H groups in total. The number of imide groups is 1. The van der Waals surface area contributed by atoms with Crippen molar-refractivity contribution in [2.24, 2.45) is 0 Å². The Hall–Kier alpha value is -3.22. The summed E-state index contributed by atoms with van der Waals surface area (Å²) in [4.78, 5) is 41.5. The number of hydrogen-bond acceptors (Lipinski definition) is 4. The number of carbonyl (C=O) groups excluding carboxylic acids is 3. The number of benzene rings is 1. The first-order chi connectivity index (χ1) is 12.1. The van der Waals surface area contributed by atoms with E-state index in [1.165, 1.54) is 6.20 Å². The van der Waals surface area contributed by atoms with Crippen molar-refractivity contribution in [2.75, 3.05) is 11.9 Å². The van der Waals surface area contributed by atoms with E-state index >= 15 is 0 Å². The molecule has 1 aromatic heterocycles. The van der Waals surface area contributed by atoms with Crippen LogP contribution in [0.25, 0.3) is 0 Å². The van der Waals surface area contributed by atoms with Crippen LogP contribution in [0.1, 0.15) is 12.0 Å². The second-order valence-electron chi connectivity index (χ2n) is 5.72. The molecule has 25 heavy (non-hydrogen) atoms. The molecule has 1 fully saturated rings. The van der Waals surface area contributed by atoms with Gasteiger partial charge in [-0.3, -0.25) is 19.5 Å². The Kier molecular flexibility index (Phi) is 5.03. The van der Waals surface area contributed by atoms with Crippen molar-refractivity contribution in [3.05, 3.63) is 60.4 Å². The van der Waals surface area contributed by atoms with Crippen molar-refractivity contribution in [1.29, 1.82) is 0 Å². The van der Waals surface area contributed by atoms with E-state index in [1.807, 2.05) is 30.3 Å². The highest BCUT2D eigenvalue weighted by molar-refractivity contribution is 6.06. The van der Waals surface area contributed by atoms with Gasteiger partial charge in [0, 0.05) is 12.7 Å². The van der Waals surface area contributed by atoms with E-state index < -0.39 is 12.1 Å². The normalized spacial score (nSPS) is 16.6. The molecule has 1 aromatic carbocycles. The molecule has 0 bridgehead atoms. The van der Waals surface area contributed by atoms with Crippen LogP contribution in [-0.2, 0) is 16.0 Å². The van der Waals surface area contributed by atoms with Gasteiger partial charge >= 0.3 is 6.03 Å². The molecule has 0 unspecified atom stereocenters. The molecule has 0 aliphatic carbocycles. The Morgan fingerprint density at radius 1 is 1.16 bits per heavy atom. The summed E-state index contributed by atoms with van der Waals surface area (Å²) in [5.41, 5.74) is 1.59. The number of urea groups is 1. The zero-order valence-electron chi connectivity index (χ0n) is 13.5. The summed E-state index contributed by atoms with van der Waals surface area (Å²) in [5.74, 6) is -0.723. The summed E-state index contributed by atoms with van der Waals surface area (Å²) in [6.07, 6.45) is 3.58. The minimum absolute atomic E-state index is 0.110. The highest BCUT2D eigenvalue weighted by Crippen LogP contribution is 2.12. The lowest BCUT2D eigenvalue weighted by atomic mass is 10.1. The Morgan fingerprint density at radius 3 is 2.68 bits per heavy atom. The molecular formula is C18H18N4O3. The van der Waals surface area contributed by atoms with Gasteiger partial charge < -0.3 is 10.6 Å². The van der Waals surface area contributed by atoms with Crippen LogP contribution in [0.3, 0.4) is 0 Å². The Balaban J connectivity index is 1.54. The summed E-state index contributed by atoms with van der Waals surface area (Å²) in [6, 6.07) is 11.7. The van der Waals surface area contributed by atoms with Gasteiger partial charge in [-0.2, -0.15) is 0 Å². The molecule has 0 saturated carbocycles. The molecule has 1 saturated heterocycles. The maximum Gasteiger partial charge on any atom is 0.324 e. The van der Waals surface area contributed by atoms with Gasteiger partial charge in [0.1, 0.15) is 6.04 Å². The van der Waals surface area contributed by atoms with E-state index in [-0.39, 0.29) is 24.8 Å². The van der Waals surface area contributed by atoms with Crippen LogP contribution in [0.5, 0.6) is 0 Å². The first-order valence-corrected chi connectivity index (χ1v) is 7.99. The number of pyridine rings is 1. The summed E-state index contributed by atoms with van der Waals surface area (Å²) >= 11 is 0. The van der Waals surface area contributed by atoms with Crippen molar-refractivity contribution in [3.63, 3.8) is 0 Å². The van der Waals surface area contributed by atoms with E-state index in [0.29, 0.717) is 12.1 Å². The standard InChI is InChI=1S/C18H18N4O3/c23-16(20-14-7-4-9-19-12-14)11-15-17(24)22(18(25)21-15)10-8-13-5-2-1-3-6-13/h1-7,9,12,15H,8,10-11H2,(H,20,23)(H,21,25)/t15-/m1/s1. The van der Waals surface area contributed by atoms with Crippen LogP contribution in [0.15, 0.2) is 54.9 Å². The molecule has 0 radical (unpaired) electrons. The van der Waals surface area contributed by atoms with Crippen LogP contribution < -0.4 is 10.6 Å². The Bertz CT molecular complexity index is 764. The zero-order chi connectivity index (χ0) is 17.6. The van der Waals surface area contributed by atoms with Gasteiger partial charge in [-0.1, -0.05) is 30.3 Å². The van der Waals surface area contributed by atoms with E-state index in [9.17, 15) is 14.4 Å². The third-order valence-corrected chi connectivity index (χ3v) is 3.91. The molecule has 2 aromatic rings. The smallest absolute Gasteiger partial charge is 0.324 e. The number of hydrogen-bond donors (Lipinski definition) is 2. The van der Waals surface area contributed by atoms with Gasteiger partial charge in [-0.15, -0.1) is 0 Å². The fourth-order valence-electron chi connectivity index (χ4n) is 2.65. The van der Waals surface area contributed by atoms with Gasteiger partial charge in [0.2, 0.25) is 5.91 Å². The van der Waals surface area contributed by atoms with Crippen molar-refractivity contribution in [1.82, 2.24) is 15.2 Å². The lowest BCUT2D eigenvalue weighted by Crippen LogP contribution is -2.34. The van der Waals surface area contributed by atoms with Gasteiger partial charge in [-0.25, -0.2) is 4.79 Å². The second-order valence-corrected chi connectivity index (χ2v) is 5.72. The third-order valence-electron chi connectivity index (χ3n) is 3.91. The highest BCUT2D eigenvalue weighted by atomic mass is 16.2. The van der Waals surface area contributed by atoms with Crippen LogP contribution in [0.4, 0.5) is 10.5 Å². The van der Waals surface area contributed by atoms with Crippen molar-refractivity contribution in [3.8, 4) is 0 Å². The molecular weight excluding hydrogens is 320 g/mol. The molecule has 1 atom stereocenters. The first-order valence-electron chi connectivity index (χ1n) is 7.99. The number of carbonyl (C=O) groups is 3. The van der Waals surface area contributed by atoms with E-state index in [4.69, 9.17) is 0 Å². The maximum atomic E-state index is 12.4. The largest absolute Gasteiger partial charge is 0.325 e. The predicted octanol–water partition coefficient (Wildman–Crippen LogP) is 1.57. The molecule has 0 spiro atoms. The minimum atomic E-state index is -0.833. The predicted molar refractivity (Wildman–Crippen MR) is 91.7 cm³/mol. The van der Waals surface area contributed by atoms with Crippen molar-refractivity contribution >= 4 is 23.5 Å². The summed E-state index contributed by atoms with van der Waals surface area (Å²) < 4.78 is 0. The van der Waals surface area contributed by atoms with Gasteiger partial charge in [0.25, 0.3) is 5.91 Å². The Labute approximate surface area is 145 Å². The van der Waals surface area contributed by atoms with E-state index in [1.54, 1.807) is 18.3 Å². The molecule has 2 heterocycles. The van der Waals surface area contributed by atoms with Crippen molar-refractivity contribution in [2.45, 2.75) is 18.9 Å². The molecule has 7 nitrogen and oxygen atoms in total. The van der Waals surface area contributed by atoms with Gasteiger partial charge in [-0.05, 0) is 24.1 Å². The summed E-state index contributed by atoms with van der Waals surface area (Å²) in [7, 11) is 0. The maximum absolute atomic E-state index is 12.4. The molecule has 7 heteroatoms. The molecule has 3 rings (SSSR count). The summed E-state index contributed by atoms with van der Waals surface area (Å²) in [6.45, 7) is 0.287. The SMILES string of the molecule is O=C(C[C@H]1NC(=O)N(CCc2ccccc2)C1=O)Nc1cccnc1. The molecule has 128 valence electrons. The minimum Gasteiger partial charge on any atom is -0.325 e. The fraction of sp³-hybridized carbons (Fsp3) is 0.222. The summed E-state index contributed by atoms with van der Waals surface area (Å²) in [5, 5.41) is 5.22. The van der Waals surface area contributed by atoms with Crippen LogP contribution in [0, 0.1) is 0 Å². The van der Waals surface area contributed by atoms with Crippen LogP contribution in [0.2, 0.25) is 0 Å². The fourth-order valence-corrected chi connectivity index (χ4v) is 2.65. The van der Waals surface area contributed by atoms with E-state index in [2.05, 4.69) is 15.6 Å². The lowest BCUT2D eigenvalue weighted by Gasteiger charge is -2.13. The average Bonchev–Trinajstić information content (AvgIpc) is 2.88. The topological polar surface area (TPSA) is 91.4 Å². The quantitative estimate of drug-likeness (QED) is 0.782. The van der Waals surface area contributed by atoms with Gasteiger partial charge in [0.15, 0.2) is 0 Å². The first kappa shape index (κ1) is 16.6. The molecule has 4 amide bonds. The highest BCUT2D eigenvalue weighted by Gasteiger charge is 2.38. The van der Waals surface area contributed by atoms with Gasteiger partial charge in [0.05, 0.1) is 18.3 Å². The van der Waals surface area contributed by atoms with Crippen LogP contribution in [-0.4, -0.2) is 40.3 Å². The number of aromatic nitrogens is 1. The van der Waals surface area contributed by atoms with Crippen molar-refractivity contribution < 1.29 is 14.4 Å². The number of rotatable bonds is 6. The number of nitrogens with zero attached hydrogens (tertiary/aromatic N) is 2. The number of anilines is 1. The molecule has 1 aliphatic rings. The second kappa shape index (κ2) is 7.57. The monoisotopic (exact) mass is 338 g/mol. The Morgan fingerprint density at radius 2 is 1.96 bits per heavy atom. The number of amides is 4. The lowest BCUT2D eigenvalue weighted by molar-refractivity contribution is -0.129. The average molecular weight is 338 g/mol. The number of nitrogens with one attached hydrogen (secondary N) is 2. The molecule has 1 aliphatic heterocycles. The van der Waals surface area contributed by atoms with E-state index in [0.717, 1.165) is 10.5 Å². The zero-order valence-corrected chi connectivity index (χ0v) is 13.5. The third kappa shape index (κ3) is 4.20.